The number of nitrogens with two attached hydrogens (primary N) is 1. The summed E-state index contributed by atoms with van der Waals surface area (Å²) >= 11 is 0. The second-order valence-corrected chi connectivity index (χ2v) is 6.32. The van der Waals surface area contributed by atoms with Gasteiger partial charge in [-0.05, 0) is 19.8 Å². The lowest BCUT2D eigenvalue weighted by Gasteiger charge is -2.42. The maximum atomic E-state index is 10.7. The third-order valence-corrected chi connectivity index (χ3v) is 4.51. The van der Waals surface area contributed by atoms with E-state index in [1.54, 1.807) is 0 Å². The first kappa shape index (κ1) is 15.5. The van der Waals surface area contributed by atoms with Gasteiger partial charge in [0.2, 0.25) is 0 Å². The van der Waals surface area contributed by atoms with Gasteiger partial charge in [-0.3, -0.25) is 0 Å². The predicted molar refractivity (Wildman–Crippen MR) is 80.4 cm³/mol. The van der Waals surface area contributed by atoms with Crippen molar-refractivity contribution in [3.05, 3.63) is 35.9 Å². The lowest BCUT2D eigenvalue weighted by molar-refractivity contribution is -0.672. The molecule has 1 saturated heterocycles. The molecule has 0 aliphatic carbocycles. The Hall–Kier alpha value is -0.900. The Kier molecular flexibility index (Phi) is 5.19. The van der Waals surface area contributed by atoms with E-state index < -0.39 is 5.60 Å². The van der Waals surface area contributed by atoms with Crippen LogP contribution in [0.25, 0.3) is 0 Å². The lowest BCUT2D eigenvalue weighted by Crippen LogP contribution is -2.83. The summed E-state index contributed by atoms with van der Waals surface area (Å²) in [6.45, 7) is 6.88. The molecule has 3 nitrogen and oxygen atoms in total. The van der Waals surface area contributed by atoms with Gasteiger partial charge < -0.3 is 15.2 Å². The molecule has 0 bridgehead atoms. The number of hydrogen-bond acceptors (Lipinski definition) is 2. The molecule has 1 fully saturated rings. The highest BCUT2D eigenvalue weighted by Crippen LogP contribution is 2.35. The van der Waals surface area contributed by atoms with Gasteiger partial charge in [0.05, 0.1) is 24.4 Å². The van der Waals surface area contributed by atoms with Crippen LogP contribution in [0.1, 0.15) is 45.1 Å². The zero-order valence-electron chi connectivity index (χ0n) is 12.8. The molecule has 3 N–H and O–H groups in total. The van der Waals surface area contributed by atoms with Crippen LogP contribution in [-0.2, 0) is 11.3 Å². The second kappa shape index (κ2) is 6.70. The maximum Gasteiger partial charge on any atom is 0.101 e. The SMILES string of the molecule is CC[C@]1(C)C[C@](O)(CC[NH2+]Cc2ccccc2)CCO1. The summed E-state index contributed by atoms with van der Waals surface area (Å²) in [5.41, 5.74) is 0.646. The molecule has 0 amide bonds. The van der Waals surface area contributed by atoms with Crippen LogP contribution in [-0.4, -0.2) is 29.5 Å². The summed E-state index contributed by atoms with van der Waals surface area (Å²) in [6, 6.07) is 10.5. The molecular formula is C17H28NO2+. The normalized spacial score (nSPS) is 30.4. The Morgan fingerprint density at radius 2 is 2.05 bits per heavy atom. The fraction of sp³-hybridized carbons (Fsp3) is 0.647. The van der Waals surface area contributed by atoms with Gasteiger partial charge in [0.15, 0.2) is 0 Å². The standard InChI is InChI=1S/C17H27NO2/c1-3-16(2)14-17(19,10-12-20-16)9-11-18-13-15-7-5-4-6-8-15/h4-8,18-19H,3,9-14H2,1-2H3/p+1/t16-,17+/m1/s1. The van der Waals surface area contributed by atoms with Crippen molar-refractivity contribution in [3.8, 4) is 0 Å². The average Bonchev–Trinajstić information content (AvgIpc) is 2.45. The van der Waals surface area contributed by atoms with E-state index in [9.17, 15) is 5.11 Å². The molecule has 2 atom stereocenters. The van der Waals surface area contributed by atoms with Crippen molar-refractivity contribution < 1.29 is 15.2 Å². The molecule has 0 aromatic heterocycles. The van der Waals surface area contributed by atoms with Gasteiger partial charge in [-0.15, -0.1) is 0 Å². The van der Waals surface area contributed by atoms with Gasteiger partial charge >= 0.3 is 0 Å². The fourth-order valence-electron chi connectivity index (χ4n) is 3.02. The Labute approximate surface area is 122 Å². The summed E-state index contributed by atoms with van der Waals surface area (Å²) in [6.07, 6.45) is 3.33. The smallest absolute Gasteiger partial charge is 0.101 e. The first-order valence-electron chi connectivity index (χ1n) is 7.77. The summed E-state index contributed by atoms with van der Waals surface area (Å²) in [5.74, 6) is 0. The van der Waals surface area contributed by atoms with Crippen LogP contribution in [0.2, 0.25) is 0 Å². The van der Waals surface area contributed by atoms with E-state index in [2.05, 4.69) is 43.4 Å². The third-order valence-electron chi connectivity index (χ3n) is 4.51. The molecule has 112 valence electrons. The van der Waals surface area contributed by atoms with Crippen molar-refractivity contribution in [1.82, 2.24) is 0 Å². The number of benzene rings is 1. The molecule has 2 rings (SSSR count). The predicted octanol–water partition coefficient (Wildman–Crippen LogP) is 1.85. The number of quaternary nitrogens is 1. The van der Waals surface area contributed by atoms with Gasteiger partial charge in [-0.25, -0.2) is 0 Å². The van der Waals surface area contributed by atoms with Gasteiger partial charge in [0, 0.05) is 18.4 Å². The molecule has 1 aromatic carbocycles. The quantitative estimate of drug-likeness (QED) is 0.780. The van der Waals surface area contributed by atoms with Crippen molar-refractivity contribution in [1.29, 1.82) is 0 Å². The summed E-state index contributed by atoms with van der Waals surface area (Å²) < 4.78 is 5.82. The van der Waals surface area contributed by atoms with Crippen LogP contribution >= 0.6 is 0 Å². The highest BCUT2D eigenvalue weighted by atomic mass is 16.5. The fourth-order valence-corrected chi connectivity index (χ4v) is 3.02. The van der Waals surface area contributed by atoms with Crippen LogP contribution in [0, 0.1) is 0 Å². The summed E-state index contributed by atoms with van der Waals surface area (Å²) in [4.78, 5) is 0. The minimum Gasteiger partial charge on any atom is -0.389 e. The van der Waals surface area contributed by atoms with Crippen molar-refractivity contribution in [2.45, 2.75) is 57.3 Å². The molecule has 1 aliphatic rings. The molecular weight excluding hydrogens is 250 g/mol. The number of aliphatic hydroxyl groups is 1. The Morgan fingerprint density at radius 3 is 2.75 bits per heavy atom. The molecule has 0 spiro atoms. The molecule has 1 aliphatic heterocycles. The van der Waals surface area contributed by atoms with Gasteiger partial charge in [0.1, 0.15) is 6.54 Å². The number of rotatable bonds is 6. The van der Waals surface area contributed by atoms with E-state index in [1.807, 2.05) is 6.07 Å². The van der Waals surface area contributed by atoms with Crippen molar-refractivity contribution >= 4 is 0 Å². The van der Waals surface area contributed by atoms with Crippen LogP contribution in [0.3, 0.4) is 0 Å². The lowest BCUT2D eigenvalue weighted by atomic mass is 9.80. The highest BCUT2D eigenvalue weighted by molar-refractivity contribution is 5.12. The largest absolute Gasteiger partial charge is 0.389 e. The Morgan fingerprint density at radius 1 is 1.30 bits per heavy atom. The van der Waals surface area contributed by atoms with E-state index in [1.165, 1.54) is 5.56 Å². The van der Waals surface area contributed by atoms with Gasteiger partial charge in [-0.2, -0.15) is 0 Å². The zero-order valence-corrected chi connectivity index (χ0v) is 12.8. The molecule has 3 heteroatoms. The molecule has 0 radical (unpaired) electrons. The van der Waals surface area contributed by atoms with Crippen molar-refractivity contribution in [3.63, 3.8) is 0 Å². The molecule has 1 aromatic rings. The van der Waals surface area contributed by atoms with E-state index in [0.29, 0.717) is 6.61 Å². The van der Waals surface area contributed by atoms with Crippen molar-refractivity contribution in [2.24, 2.45) is 0 Å². The van der Waals surface area contributed by atoms with Crippen LogP contribution < -0.4 is 5.32 Å². The minimum atomic E-state index is -0.545. The molecule has 20 heavy (non-hydrogen) atoms. The van der Waals surface area contributed by atoms with Crippen molar-refractivity contribution in [2.75, 3.05) is 13.2 Å². The first-order chi connectivity index (χ1) is 9.55. The van der Waals surface area contributed by atoms with Crippen LogP contribution in [0.15, 0.2) is 30.3 Å². The second-order valence-electron chi connectivity index (χ2n) is 6.32. The van der Waals surface area contributed by atoms with E-state index in [0.717, 1.165) is 38.8 Å². The number of hydrogen-bond donors (Lipinski definition) is 2. The molecule has 1 heterocycles. The summed E-state index contributed by atoms with van der Waals surface area (Å²) in [7, 11) is 0. The molecule has 0 unspecified atom stereocenters. The minimum absolute atomic E-state index is 0.146. The van der Waals surface area contributed by atoms with E-state index in [4.69, 9.17) is 4.74 Å². The Bertz CT molecular complexity index is 409. The topological polar surface area (TPSA) is 46.1 Å². The van der Waals surface area contributed by atoms with E-state index >= 15 is 0 Å². The molecule has 0 saturated carbocycles. The average molecular weight is 278 g/mol. The third kappa shape index (κ3) is 4.30. The van der Waals surface area contributed by atoms with Gasteiger partial charge in [-0.1, -0.05) is 37.3 Å². The first-order valence-corrected chi connectivity index (χ1v) is 7.77. The highest BCUT2D eigenvalue weighted by Gasteiger charge is 2.40. The van der Waals surface area contributed by atoms with Gasteiger partial charge in [0.25, 0.3) is 0 Å². The van der Waals surface area contributed by atoms with Crippen LogP contribution in [0.5, 0.6) is 0 Å². The van der Waals surface area contributed by atoms with Crippen LogP contribution in [0.4, 0.5) is 0 Å². The zero-order chi connectivity index (χ0) is 14.5. The number of ether oxygens (including phenoxy) is 1. The maximum absolute atomic E-state index is 10.7. The van der Waals surface area contributed by atoms with E-state index in [-0.39, 0.29) is 5.60 Å². The monoisotopic (exact) mass is 278 g/mol. The summed E-state index contributed by atoms with van der Waals surface area (Å²) in [5, 5.41) is 13.0. The Balaban J connectivity index is 1.75.